The molecule has 1 aromatic heterocycles. The molecule has 9 heteroatoms. The Kier molecular flexibility index (Phi) is 8.81. The van der Waals surface area contributed by atoms with Crippen molar-refractivity contribution in [2.75, 3.05) is 22.7 Å². The van der Waals surface area contributed by atoms with Gasteiger partial charge in [0.2, 0.25) is 0 Å². The van der Waals surface area contributed by atoms with Crippen molar-refractivity contribution in [3.63, 3.8) is 0 Å². The predicted molar refractivity (Wildman–Crippen MR) is 153 cm³/mol. The van der Waals surface area contributed by atoms with Crippen molar-refractivity contribution in [3.05, 3.63) is 88.5 Å². The van der Waals surface area contributed by atoms with Gasteiger partial charge in [-0.2, -0.15) is 0 Å². The first-order chi connectivity index (χ1) is 18.4. The van der Waals surface area contributed by atoms with Crippen LogP contribution in [0.15, 0.2) is 77.3 Å². The summed E-state index contributed by atoms with van der Waals surface area (Å²) in [6.07, 6.45) is 3.20. The lowest BCUT2D eigenvalue weighted by Gasteiger charge is -2.13. The number of aromatic nitrogens is 1. The van der Waals surface area contributed by atoms with Crippen LogP contribution in [0.3, 0.4) is 0 Å². The molecule has 0 aliphatic carbocycles. The molecule has 0 saturated carbocycles. The molecule has 3 N–H and O–H groups in total. The molecule has 0 saturated heterocycles. The second kappa shape index (κ2) is 12.4. The fourth-order valence-corrected chi connectivity index (χ4v) is 4.27. The summed E-state index contributed by atoms with van der Waals surface area (Å²) in [6, 6.07) is 21.2. The number of carbonyl (C=O) groups is 3. The number of ether oxygens (including phenoxy) is 1. The van der Waals surface area contributed by atoms with E-state index in [9.17, 15) is 14.4 Å². The van der Waals surface area contributed by atoms with E-state index < -0.39 is 17.7 Å². The number of para-hydroxylation sites is 1. The monoisotopic (exact) mass is 576 g/mol. The van der Waals surface area contributed by atoms with Crippen molar-refractivity contribution in [2.45, 2.75) is 33.1 Å². The standard InChI is InChI=1S/C29H29BrN4O4/c1-3-4-7-16-38-23-13-11-22(12-14-23)31-28(36)29(37)33-34-25-15-10-21(30)17-20(25)18-26(34)27(35)32-24-9-6-5-8-19(24)2/h5-6,8-15,17-18H,3-4,7,16H2,1-2H3,(H,31,36)(H,32,35)(H,33,37). The Morgan fingerprint density at radius 1 is 0.895 bits per heavy atom. The zero-order valence-electron chi connectivity index (χ0n) is 21.2. The molecule has 4 rings (SSSR count). The highest BCUT2D eigenvalue weighted by Crippen LogP contribution is 2.24. The summed E-state index contributed by atoms with van der Waals surface area (Å²) in [5, 5.41) is 6.17. The largest absolute Gasteiger partial charge is 0.494 e. The lowest BCUT2D eigenvalue weighted by atomic mass is 10.2. The van der Waals surface area contributed by atoms with Crippen LogP contribution in [0.5, 0.6) is 5.75 Å². The number of fused-ring (bicyclic) bond motifs is 1. The number of nitrogens with one attached hydrogen (secondary N) is 3. The third kappa shape index (κ3) is 6.60. The normalized spacial score (nSPS) is 10.7. The van der Waals surface area contributed by atoms with Gasteiger partial charge < -0.3 is 15.4 Å². The van der Waals surface area contributed by atoms with Crippen molar-refractivity contribution in [2.24, 2.45) is 0 Å². The average Bonchev–Trinajstić information content (AvgIpc) is 3.26. The smallest absolute Gasteiger partial charge is 0.328 e. The van der Waals surface area contributed by atoms with E-state index in [1.54, 1.807) is 48.5 Å². The maximum absolute atomic E-state index is 13.2. The van der Waals surface area contributed by atoms with Crippen molar-refractivity contribution in [3.8, 4) is 5.75 Å². The lowest BCUT2D eigenvalue weighted by Crippen LogP contribution is -2.36. The van der Waals surface area contributed by atoms with Gasteiger partial charge in [-0.15, -0.1) is 0 Å². The van der Waals surface area contributed by atoms with Gasteiger partial charge in [-0.25, -0.2) is 4.68 Å². The Morgan fingerprint density at radius 2 is 1.66 bits per heavy atom. The first-order valence-corrected chi connectivity index (χ1v) is 13.2. The minimum atomic E-state index is -0.921. The van der Waals surface area contributed by atoms with Gasteiger partial charge in [0, 0.05) is 21.2 Å². The van der Waals surface area contributed by atoms with Gasteiger partial charge in [0.25, 0.3) is 5.91 Å². The van der Waals surface area contributed by atoms with Gasteiger partial charge in [-0.3, -0.25) is 19.8 Å². The van der Waals surface area contributed by atoms with Gasteiger partial charge >= 0.3 is 11.8 Å². The molecule has 0 unspecified atom stereocenters. The quantitative estimate of drug-likeness (QED) is 0.162. The predicted octanol–water partition coefficient (Wildman–Crippen LogP) is 6.24. The molecule has 8 nitrogen and oxygen atoms in total. The average molecular weight is 577 g/mol. The molecule has 3 amide bonds. The zero-order chi connectivity index (χ0) is 27.1. The molecule has 0 fully saturated rings. The number of unbranched alkanes of at least 4 members (excludes halogenated alkanes) is 2. The van der Waals surface area contributed by atoms with Crippen LogP contribution in [0, 0.1) is 6.92 Å². The number of rotatable bonds is 9. The SMILES string of the molecule is CCCCCOc1ccc(NC(=O)C(=O)Nn2c(C(=O)Nc3ccccc3C)cc3cc(Br)ccc32)cc1. The summed E-state index contributed by atoms with van der Waals surface area (Å²) in [4.78, 5) is 38.8. The highest BCUT2D eigenvalue weighted by molar-refractivity contribution is 9.10. The van der Waals surface area contributed by atoms with Crippen LogP contribution in [-0.2, 0) is 9.59 Å². The van der Waals surface area contributed by atoms with E-state index in [1.165, 1.54) is 4.68 Å². The summed E-state index contributed by atoms with van der Waals surface area (Å²) in [7, 11) is 0. The van der Waals surface area contributed by atoms with E-state index >= 15 is 0 Å². The highest BCUT2D eigenvalue weighted by Gasteiger charge is 2.21. The van der Waals surface area contributed by atoms with Crippen LogP contribution in [0.1, 0.15) is 42.2 Å². The van der Waals surface area contributed by atoms with Crippen molar-refractivity contribution < 1.29 is 19.1 Å². The molecule has 0 bridgehead atoms. The fraction of sp³-hybridized carbons (Fsp3) is 0.207. The van der Waals surface area contributed by atoms with Crippen molar-refractivity contribution in [1.82, 2.24) is 4.68 Å². The van der Waals surface area contributed by atoms with E-state index in [-0.39, 0.29) is 5.69 Å². The molecule has 1 heterocycles. The maximum atomic E-state index is 13.2. The third-order valence-corrected chi connectivity index (χ3v) is 6.43. The Bertz CT molecular complexity index is 1460. The molecule has 38 heavy (non-hydrogen) atoms. The Labute approximate surface area is 229 Å². The highest BCUT2D eigenvalue weighted by atomic mass is 79.9. The molecule has 196 valence electrons. The van der Waals surface area contributed by atoms with Crippen LogP contribution in [0.25, 0.3) is 10.9 Å². The van der Waals surface area contributed by atoms with Crippen LogP contribution in [0.4, 0.5) is 11.4 Å². The number of anilines is 2. The van der Waals surface area contributed by atoms with Gasteiger partial charge in [-0.05, 0) is 73.5 Å². The van der Waals surface area contributed by atoms with E-state index in [1.807, 2.05) is 31.2 Å². The molecule has 0 aliphatic rings. The number of hydrogen-bond acceptors (Lipinski definition) is 4. The second-order valence-corrected chi connectivity index (χ2v) is 9.73. The summed E-state index contributed by atoms with van der Waals surface area (Å²) >= 11 is 3.43. The van der Waals surface area contributed by atoms with Gasteiger partial charge in [-0.1, -0.05) is 53.9 Å². The number of benzene rings is 3. The number of hydrogen-bond donors (Lipinski definition) is 3. The minimum absolute atomic E-state index is 0.173. The molecular weight excluding hydrogens is 548 g/mol. The fourth-order valence-electron chi connectivity index (χ4n) is 3.89. The zero-order valence-corrected chi connectivity index (χ0v) is 22.8. The van der Waals surface area contributed by atoms with Crippen LogP contribution >= 0.6 is 15.9 Å². The number of halogens is 1. The Hall–Kier alpha value is -4.11. The number of nitrogens with zero attached hydrogens (tertiary/aromatic N) is 1. The minimum Gasteiger partial charge on any atom is -0.494 e. The molecule has 0 aliphatic heterocycles. The topological polar surface area (TPSA) is 101 Å². The van der Waals surface area contributed by atoms with E-state index in [4.69, 9.17) is 4.74 Å². The molecular formula is C29H29BrN4O4. The third-order valence-electron chi connectivity index (χ3n) is 5.94. The first kappa shape index (κ1) is 26.9. The molecule has 3 aromatic carbocycles. The summed E-state index contributed by atoms with van der Waals surface area (Å²) < 4.78 is 7.82. The van der Waals surface area contributed by atoms with Gasteiger partial charge in [0.1, 0.15) is 11.4 Å². The molecule has 0 radical (unpaired) electrons. The van der Waals surface area contributed by atoms with Crippen molar-refractivity contribution >= 4 is 55.9 Å². The van der Waals surface area contributed by atoms with Crippen LogP contribution < -0.4 is 20.8 Å². The van der Waals surface area contributed by atoms with Gasteiger partial charge in [0.05, 0.1) is 12.1 Å². The van der Waals surface area contributed by atoms with Gasteiger partial charge in [0.15, 0.2) is 0 Å². The Morgan fingerprint density at radius 3 is 2.39 bits per heavy atom. The molecule has 0 atom stereocenters. The Balaban J connectivity index is 1.49. The first-order valence-electron chi connectivity index (χ1n) is 12.4. The second-order valence-electron chi connectivity index (χ2n) is 8.81. The maximum Gasteiger partial charge on any atom is 0.328 e. The van der Waals surface area contributed by atoms with Crippen molar-refractivity contribution in [1.29, 1.82) is 0 Å². The van der Waals surface area contributed by atoms with E-state index in [2.05, 4.69) is 38.9 Å². The summed E-state index contributed by atoms with van der Waals surface area (Å²) in [5.41, 5.74) is 5.30. The van der Waals surface area contributed by atoms with Crippen LogP contribution in [0.2, 0.25) is 0 Å². The number of carbonyl (C=O) groups excluding carboxylic acids is 3. The number of aryl methyl sites for hydroxylation is 1. The van der Waals surface area contributed by atoms with E-state index in [0.717, 1.165) is 29.3 Å². The summed E-state index contributed by atoms with van der Waals surface area (Å²) in [5.74, 6) is -1.53. The summed E-state index contributed by atoms with van der Waals surface area (Å²) in [6.45, 7) is 4.65. The lowest BCUT2D eigenvalue weighted by molar-refractivity contribution is -0.133. The molecule has 4 aromatic rings. The van der Waals surface area contributed by atoms with E-state index in [0.29, 0.717) is 34.6 Å². The number of amides is 3. The van der Waals surface area contributed by atoms with Crippen LogP contribution in [-0.4, -0.2) is 29.0 Å². The molecule has 0 spiro atoms.